The number of cyclic esters (lactones) is 1. The summed E-state index contributed by atoms with van der Waals surface area (Å²) in [5.74, 6) is -0.200. The lowest BCUT2D eigenvalue weighted by Gasteiger charge is -2.18. The second-order valence-corrected chi connectivity index (χ2v) is 4.83. The Hall–Kier alpha value is -1.02. The summed E-state index contributed by atoms with van der Waals surface area (Å²) in [6, 6.07) is 0. The van der Waals surface area contributed by atoms with E-state index in [2.05, 4.69) is 12.2 Å². The van der Waals surface area contributed by atoms with Crippen molar-refractivity contribution in [2.45, 2.75) is 51.6 Å². The van der Waals surface area contributed by atoms with Crippen LogP contribution in [0.5, 0.6) is 0 Å². The SMILES string of the molecule is CC(=CCl)CC=CCCCC[C@@H]1CC=CC(=O)O1. The molecule has 0 radical (unpaired) electrons. The largest absolute Gasteiger partial charge is 0.459 e. The molecule has 0 amide bonds. The molecule has 1 rings (SSSR count). The number of carbonyl (C=O) groups is 1. The van der Waals surface area contributed by atoms with Gasteiger partial charge in [-0.1, -0.05) is 35.4 Å². The van der Waals surface area contributed by atoms with Crippen LogP contribution in [-0.2, 0) is 9.53 Å². The average molecular weight is 269 g/mol. The van der Waals surface area contributed by atoms with Crippen molar-refractivity contribution in [3.8, 4) is 0 Å². The first-order valence-corrected chi connectivity index (χ1v) is 6.94. The van der Waals surface area contributed by atoms with Crippen molar-refractivity contribution in [1.29, 1.82) is 0 Å². The quantitative estimate of drug-likeness (QED) is 0.386. The average Bonchev–Trinajstić information content (AvgIpc) is 2.37. The van der Waals surface area contributed by atoms with Gasteiger partial charge in [0.15, 0.2) is 0 Å². The van der Waals surface area contributed by atoms with Crippen molar-refractivity contribution >= 4 is 17.6 Å². The summed E-state index contributed by atoms with van der Waals surface area (Å²) in [6.07, 6.45) is 13.9. The number of hydrogen-bond acceptors (Lipinski definition) is 2. The van der Waals surface area contributed by atoms with Gasteiger partial charge in [-0.15, -0.1) is 0 Å². The van der Waals surface area contributed by atoms with Crippen LogP contribution in [0.3, 0.4) is 0 Å². The van der Waals surface area contributed by atoms with Gasteiger partial charge in [0, 0.05) is 18.0 Å². The number of carbonyl (C=O) groups excluding carboxylic acids is 1. The summed E-state index contributed by atoms with van der Waals surface area (Å²) in [5.41, 5.74) is 2.80. The fourth-order valence-corrected chi connectivity index (χ4v) is 1.90. The van der Waals surface area contributed by atoms with E-state index in [1.165, 1.54) is 11.6 Å². The van der Waals surface area contributed by atoms with Gasteiger partial charge < -0.3 is 4.74 Å². The van der Waals surface area contributed by atoms with Crippen molar-refractivity contribution in [3.63, 3.8) is 0 Å². The number of allylic oxidation sites excluding steroid dienone is 3. The minimum absolute atomic E-state index is 0.0907. The van der Waals surface area contributed by atoms with E-state index in [4.69, 9.17) is 16.3 Å². The number of ether oxygens (including phenoxy) is 1. The molecule has 0 saturated heterocycles. The summed E-state index contributed by atoms with van der Waals surface area (Å²) in [4.78, 5) is 11.0. The molecular formula is C15H21ClO2. The van der Waals surface area contributed by atoms with Crippen LogP contribution in [0.15, 0.2) is 35.4 Å². The number of rotatable bonds is 7. The zero-order valence-electron chi connectivity index (χ0n) is 10.9. The zero-order chi connectivity index (χ0) is 13.2. The maximum absolute atomic E-state index is 11.0. The van der Waals surface area contributed by atoms with E-state index >= 15 is 0 Å². The number of esters is 1. The van der Waals surface area contributed by atoms with E-state index < -0.39 is 0 Å². The minimum Gasteiger partial charge on any atom is -0.459 e. The van der Waals surface area contributed by atoms with Gasteiger partial charge in [-0.2, -0.15) is 0 Å². The third-order valence-corrected chi connectivity index (χ3v) is 3.25. The predicted octanol–water partition coefficient (Wildman–Crippen LogP) is 4.51. The van der Waals surface area contributed by atoms with Gasteiger partial charge in [-0.05, 0) is 39.0 Å². The van der Waals surface area contributed by atoms with Gasteiger partial charge in [0.05, 0.1) is 0 Å². The molecule has 100 valence electrons. The molecule has 1 atom stereocenters. The molecule has 0 unspecified atom stereocenters. The van der Waals surface area contributed by atoms with Gasteiger partial charge in [0.1, 0.15) is 6.10 Å². The van der Waals surface area contributed by atoms with Crippen LogP contribution in [0.4, 0.5) is 0 Å². The Balaban J connectivity index is 2.02. The Labute approximate surface area is 114 Å². The molecule has 0 saturated carbocycles. The molecule has 0 N–H and O–H groups in total. The highest BCUT2D eigenvalue weighted by Crippen LogP contribution is 2.15. The van der Waals surface area contributed by atoms with Gasteiger partial charge in [0.25, 0.3) is 0 Å². The first-order chi connectivity index (χ1) is 8.72. The van der Waals surface area contributed by atoms with Crippen LogP contribution in [0.2, 0.25) is 0 Å². The zero-order valence-corrected chi connectivity index (χ0v) is 11.7. The third-order valence-electron chi connectivity index (χ3n) is 2.88. The molecule has 0 aromatic heterocycles. The Bertz CT molecular complexity index is 342. The van der Waals surface area contributed by atoms with Gasteiger partial charge in [0.2, 0.25) is 0 Å². The lowest BCUT2D eigenvalue weighted by molar-refractivity contribution is -0.144. The van der Waals surface area contributed by atoms with E-state index in [0.29, 0.717) is 0 Å². The molecule has 0 aromatic rings. The topological polar surface area (TPSA) is 26.3 Å². The van der Waals surface area contributed by atoms with Crippen molar-refractivity contribution in [1.82, 2.24) is 0 Å². The highest BCUT2D eigenvalue weighted by molar-refractivity contribution is 6.25. The summed E-state index contributed by atoms with van der Waals surface area (Å²) >= 11 is 5.57. The van der Waals surface area contributed by atoms with Crippen molar-refractivity contribution < 1.29 is 9.53 Å². The molecule has 1 heterocycles. The molecular weight excluding hydrogens is 248 g/mol. The van der Waals surface area contributed by atoms with E-state index in [9.17, 15) is 4.79 Å². The highest BCUT2D eigenvalue weighted by Gasteiger charge is 2.14. The number of halogens is 1. The maximum Gasteiger partial charge on any atom is 0.330 e. The van der Waals surface area contributed by atoms with E-state index in [-0.39, 0.29) is 12.1 Å². The molecule has 18 heavy (non-hydrogen) atoms. The van der Waals surface area contributed by atoms with Crippen molar-refractivity contribution in [2.75, 3.05) is 0 Å². The van der Waals surface area contributed by atoms with Crippen LogP contribution in [0, 0.1) is 0 Å². The lowest BCUT2D eigenvalue weighted by atomic mass is 10.1. The van der Waals surface area contributed by atoms with Gasteiger partial charge in [-0.25, -0.2) is 4.79 Å². The smallest absolute Gasteiger partial charge is 0.330 e. The predicted molar refractivity (Wildman–Crippen MR) is 75.5 cm³/mol. The monoisotopic (exact) mass is 268 g/mol. The van der Waals surface area contributed by atoms with Crippen LogP contribution in [0.25, 0.3) is 0 Å². The highest BCUT2D eigenvalue weighted by atomic mass is 35.5. The standard InChI is InChI=1S/C15H21ClO2/c1-13(12-16)8-5-3-2-4-6-9-14-10-7-11-15(17)18-14/h3,5,7,11-12,14H,2,4,6,8-10H2,1H3/t14-/m1/s1. The van der Waals surface area contributed by atoms with E-state index in [0.717, 1.165) is 38.5 Å². The molecule has 2 nitrogen and oxygen atoms in total. The Kier molecular flexibility index (Phi) is 7.51. The van der Waals surface area contributed by atoms with Crippen LogP contribution < -0.4 is 0 Å². The second kappa shape index (κ2) is 8.98. The Morgan fingerprint density at radius 3 is 3.06 bits per heavy atom. The van der Waals surface area contributed by atoms with E-state index in [1.807, 2.05) is 13.0 Å². The summed E-state index contributed by atoms with van der Waals surface area (Å²) < 4.78 is 5.19. The second-order valence-electron chi connectivity index (χ2n) is 4.61. The molecule has 0 bridgehead atoms. The van der Waals surface area contributed by atoms with Crippen molar-refractivity contribution in [2.24, 2.45) is 0 Å². The van der Waals surface area contributed by atoms with E-state index in [1.54, 1.807) is 5.54 Å². The van der Waals surface area contributed by atoms with Crippen LogP contribution >= 0.6 is 11.6 Å². The fraction of sp³-hybridized carbons (Fsp3) is 0.533. The summed E-state index contributed by atoms with van der Waals surface area (Å²) in [5, 5.41) is 0. The first kappa shape index (κ1) is 15.0. The van der Waals surface area contributed by atoms with Crippen LogP contribution in [0.1, 0.15) is 45.4 Å². The third kappa shape index (κ3) is 6.65. The lowest BCUT2D eigenvalue weighted by Crippen LogP contribution is -2.19. The molecule has 0 fully saturated rings. The molecule has 0 spiro atoms. The molecule has 1 aliphatic rings. The maximum atomic E-state index is 11.0. The van der Waals surface area contributed by atoms with Crippen molar-refractivity contribution in [3.05, 3.63) is 35.4 Å². The van der Waals surface area contributed by atoms with Gasteiger partial charge >= 0.3 is 5.97 Å². The first-order valence-electron chi connectivity index (χ1n) is 6.50. The molecule has 0 aliphatic carbocycles. The molecule has 3 heteroatoms. The number of unbranched alkanes of at least 4 members (excludes halogenated alkanes) is 2. The summed E-state index contributed by atoms with van der Waals surface area (Å²) in [6.45, 7) is 2.02. The Morgan fingerprint density at radius 1 is 1.50 bits per heavy atom. The van der Waals surface area contributed by atoms with Crippen LogP contribution in [-0.4, -0.2) is 12.1 Å². The summed E-state index contributed by atoms with van der Waals surface area (Å²) in [7, 11) is 0. The van der Waals surface area contributed by atoms with Gasteiger partial charge in [-0.3, -0.25) is 0 Å². The number of hydrogen-bond donors (Lipinski definition) is 0. The molecule has 0 aromatic carbocycles. The Morgan fingerprint density at radius 2 is 2.33 bits per heavy atom. The normalized spacial score (nSPS) is 20.4. The fourth-order valence-electron chi connectivity index (χ4n) is 1.81. The minimum atomic E-state index is -0.200. The molecule has 1 aliphatic heterocycles.